The van der Waals surface area contributed by atoms with E-state index in [0.29, 0.717) is 31.9 Å². The Morgan fingerprint density at radius 3 is 2.90 bits per heavy atom. The molecule has 1 aromatic heterocycles. The van der Waals surface area contributed by atoms with Crippen molar-refractivity contribution in [3.63, 3.8) is 0 Å². The number of anilines is 1. The van der Waals surface area contributed by atoms with E-state index >= 15 is 0 Å². The van der Waals surface area contributed by atoms with Gasteiger partial charge < -0.3 is 20.7 Å². The molecule has 0 aromatic carbocycles. The van der Waals surface area contributed by atoms with Gasteiger partial charge in [-0.15, -0.1) is 0 Å². The molecule has 2 rings (SSSR count). The molecule has 1 aromatic rings. The number of likely N-dealkylation sites (N-methyl/N-ethyl adjacent to an activating group) is 1. The predicted octanol–water partition coefficient (Wildman–Crippen LogP) is -0.538. The van der Waals surface area contributed by atoms with Gasteiger partial charge in [0.15, 0.2) is 5.69 Å². The molecular formula is C13H21N5O3. The van der Waals surface area contributed by atoms with Gasteiger partial charge in [0.2, 0.25) is 5.91 Å². The summed E-state index contributed by atoms with van der Waals surface area (Å²) < 4.78 is 6.91. The van der Waals surface area contributed by atoms with E-state index in [9.17, 15) is 9.59 Å². The third-order valence-corrected chi connectivity index (χ3v) is 3.36. The Bertz CT molecular complexity index is 528. The maximum Gasteiger partial charge on any atom is 0.277 e. The highest BCUT2D eigenvalue weighted by Gasteiger charge is 2.34. The number of carbonyl (C=O) groups excluding carboxylic acids is 2. The van der Waals surface area contributed by atoms with Gasteiger partial charge in [0, 0.05) is 25.8 Å². The van der Waals surface area contributed by atoms with Crippen molar-refractivity contribution >= 4 is 17.5 Å². The lowest BCUT2D eigenvalue weighted by Gasteiger charge is -2.34. The minimum absolute atomic E-state index is 0.186. The second-order valence-corrected chi connectivity index (χ2v) is 4.77. The molecule has 3 N–H and O–H groups in total. The largest absolute Gasteiger partial charge is 0.396 e. The molecule has 1 unspecified atom stereocenters. The minimum Gasteiger partial charge on any atom is -0.396 e. The predicted molar refractivity (Wildman–Crippen MR) is 76.6 cm³/mol. The van der Waals surface area contributed by atoms with Crippen LogP contribution in [0.25, 0.3) is 0 Å². The highest BCUT2D eigenvalue weighted by Crippen LogP contribution is 2.16. The van der Waals surface area contributed by atoms with Crippen molar-refractivity contribution in [2.75, 3.05) is 32.0 Å². The topological polar surface area (TPSA) is 102 Å². The van der Waals surface area contributed by atoms with Crippen molar-refractivity contribution in [2.45, 2.75) is 26.4 Å². The van der Waals surface area contributed by atoms with Crippen molar-refractivity contribution in [1.29, 1.82) is 0 Å². The number of ether oxygens (including phenoxy) is 1. The number of aryl methyl sites for hydroxylation is 1. The van der Waals surface area contributed by atoms with Crippen molar-refractivity contribution in [3.05, 3.63) is 11.9 Å². The van der Waals surface area contributed by atoms with E-state index in [1.54, 1.807) is 10.9 Å². The van der Waals surface area contributed by atoms with Crippen molar-refractivity contribution in [1.82, 2.24) is 20.0 Å². The number of nitrogen functional groups attached to an aromatic ring is 1. The average Bonchev–Trinajstić information content (AvgIpc) is 2.88. The number of hydrogen-bond donors (Lipinski definition) is 2. The Kier molecular flexibility index (Phi) is 4.79. The molecule has 21 heavy (non-hydrogen) atoms. The summed E-state index contributed by atoms with van der Waals surface area (Å²) in [6.07, 6.45) is 1.62. The van der Waals surface area contributed by atoms with Gasteiger partial charge in [-0.2, -0.15) is 5.10 Å². The smallest absolute Gasteiger partial charge is 0.277 e. The van der Waals surface area contributed by atoms with Crippen LogP contribution in [0.2, 0.25) is 0 Å². The zero-order valence-corrected chi connectivity index (χ0v) is 12.3. The van der Waals surface area contributed by atoms with Crippen LogP contribution in [0.1, 0.15) is 24.3 Å². The zero-order chi connectivity index (χ0) is 15.4. The standard InChI is InChI=1S/C13H21N5O3/c1-3-15-12(19)10-8-21-6-5-18(10)13(20)11-9(14)7-17(4-2)16-11/h7,10H,3-6,8,14H2,1-2H3,(H,15,19). The Labute approximate surface area is 123 Å². The van der Waals surface area contributed by atoms with Crippen LogP contribution in [0.5, 0.6) is 0 Å². The number of nitrogens with zero attached hydrogens (tertiary/aromatic N) is 3. The van der Waals surface area contributed by atoms with Crippen molar-refractivity contribution < 1.29 is 14.3 Å². The fourth-order valence-electron chi connectivity index (χ4n) is 2.26. The zero-order valence-electron chi connectivity index (χ0n) is 12.3. The monoisotopic (exact) mass is 295 g/mol. The van der Waals surface area contributed by atoms with E-state index in [-0.39, 0.29) is 24.1 Å². The van der Waals surface area contributed by atoms with Gasteiger partial charge in [0.25, 0.3) is 5.91 Å². The van der Waals surface area contributed by atoms with Crippen LogP contribution in [0, 0.1) is 0 Å². The summed E-state index contributed by atoms with van der Waals surface area (Å²) in [5, 5.41) is 6.88. The fourth-order valence-corrected chi connectivity index (χ4v) is 2.26. The number of carbonyl (C=O) groups is 2. The van der Waals surface area contributed by atoms with Crippen molar-refractivity contribution in [2.24, 2.45) is 0 Å². The van der Waals surface area contributed by atoms with Gasteiger partial charge in [-0.1, -0.05) is 0 Å². The number of rotatable bonds is 4. The van der Waals surface area contributed by atoms with Gasteiger partial charge in [-0.05, 0) is 13.8 Å². The van der Waals surface area contributed by atoms with Gasteiger partial charge in [-0.25, -0.2) is 0 Å². The molecule has 8 heteroatoms. The molecule has 1 atom stereocenters. The molecule has 0 bridgehead atoms. The summed E-state index contributed by atoms with van der Waals surface area (Å²) in [6, 6.07) is -0.641. The number of nitrogens with one attached hydrogen (secondary N) is 1. The van der Waals surface area contributed by atoms with E-state index in [1.807, 2.05) is 13.8 Å². The number of morpholine rings is 1. The van der Waals surface area contributed by atoms with E-state index < -0.39 is 6.04 Å². The summed E-state index contributed by atoms with van der Waals surface area (Å²) in [5.74, 6) is -0.557. The first-order chi connectivity index (χ1) is 10.1. The summed E-state index contributed by atoms with van der Waals surface area (Å²) in [5.41, 5.74) is 6.35. The molecule has 0 radical (unpaired) electrons. The second kappa shape index (κ2) is 6.57. The lowest BCUT2D eigenvalue weighted by molar-refractivity contribution is -0.130. The first-order valence-corrected chi connectivity index (χ1v) is 7.07. The van der Waals surface area contributed by atoms with Crippen LogP contribution < -0.4 is 11.1 Å². The van der Waals surface area contributed by atoms with Crippen LogP contribution >= 0.6 is 0 Å². The fraction of sp³-hybridized carbons (Fsp3) is 0.615. The third-order valence-electron chi connectivity index (χ3n) is 3.36. The molecule has 0 saturated carbocycles. The molecule has 1 fully saturated rings. The number of aromatic nitrogens is 2. The van der Waals surface area contributed by atoms with Gasteiger partial charge >= 0.3 is 0 Å². The average molecular weight is 295 g/mol. The molecule has 1 aliphatic heterocycles. The number of amides is 2. The minimum atomic E-state index is -0.641. The highest BCUT2D eigenvalue weighted by molar-refractivity contribution is 5.99. The molecular weight excluding hydrogens is 274 g/mol. The molecule has 8 nitrogen and oxygen atoms in total. The van der Waals surface area contributed by atoms with E-state index in [4.69, 9.17) is 10.5 Å². The van der Waals surface area contributed by atoms with Crippen LogP contribution in [0.4, 0.5) is 5.69 Å². The molecule has 2 heterocycles. The lowest BCUT2D eigenvalue weighted by Crippen LogP contribution is -2.56. The normalized spacial score (nSPS) is 18.6. The van der Waals surface area contributed by atoms with Gasteiger partial charge in [0.1, 0.15) is 6.04 Å². The lowest BCUT2D eigenvalue weighted by atomic mass is 10.2. The summed E-state index contributed by atoms with van der Waals surface area (Å²) in [4.78, 5) is 26.1. The quantitative estimate of drug-likeness (QED) is 0.777. The van der Waals surface area contributed by atoms with E-state index in [2.05, 4.69) is 10.4 Å². The maximum absolute atomic E-state index is 12.6. The maximum atomic E-state index is 12.6. The molecule has 116 valence electrons. The van der Waals surface area contributed by atoms with Crippen LogP contribution in [-0.4, -0.2) is 58.8 Å². The summed E-state index contributed by atoms with van der Waals surface area (Å²) in [6.45, 7) is 5.80. The molecule has 0 spiro atoms. The first-order valence-electron chi connectivity index (χ1n) is 7.07. The Morgan fingerprint density at radius 1 is 1.52 bits per heavy atom. The summed E-state index contributed by atoms with van der Waals surface area (Å²) in [7, 11) is 0. The number of hydrogen-bond acceptors (Lipinski definition) is 5. The van der Waals surface area contributed by atoms with Crippen LogP contribution in [0.3, 0.4) is 0 Å². The van der Waals surface area contributed by atoms with E-state index in [0.717, 1.165) is 0 Å². The van der Waals surface area contributed by atoms with Gasteiger partial charge in [0.05, 0.1) is 18.9 Å². The Morgan fingerprint density at radius 2 is 2.29 bits per heavy atom. The highest BCUT2D eigenvalue weighted by atomic mass is 16.5. The Balaban J connectivity index is 2.21. The SMILES string of the molecule is CCNC(=O)C1COCCN1C(=O)c1nn(CC)cc1N. The Hall–Kier alpha value is -2.09. The van der Waals surface area contributed by atoms with Crippen LogP contribution in [-0.2, 0) is 16.1 Å². The first kappa shape index (κ1) is 15.3. The number of nitrogens with two attached hydrogens (primary N) is 1. The molecule has 2 amide bonds. The molecule has 0 aliphatic carbocycles. The van der Waals surface area contributed by atoms with Crippen LogP contribution in [0.15, 0.2) is 6.20 Å². The molecule has 1 saturated heterocycles. The molecule has 1 aliphatic rings. The van der Waals surface area contributed by atoms with Gasteiger partial charge in [-0.3, -0.25) is 14.3 Å². The van der Waals surface area contributed by atoms with Crippen molar-refractivity contribution in [3.8, 4) is 0 Å². The summed E-state index contributed by atoms with van der Waals surface area (Å²) >= 11 is 0. The second-order valence-electron chi connectivity index (χ2n) is 4.77. The van der Waals surface area contributed by atoms with E-state index in [1.165, 1.54) is 4.90 Å². The third kappa shape index (κ3) is 3.15.